The Hall–Kier alpha value is -1.27. The van der Waals surface area contributed by atoms with Crippen LogP contribution in [-0.2, 0) is 14.7 Å². The van der Waals surface area contributed by atoms with Gasteiger partial charge >= 0.3 is 5.91 Å². The summed E-state index contributed by atoms with van der Waals surface area (Å²) < 4.78 is 11.5. The second-order valence-electron chi connectivity index (χ2n) is 9.13. The van der Waals surface area contributed by atoms with E-state index < -0.39 is 11.6 Å². The van der Waals surface area contributed by atoms with E-state index >= 15 is 0 Å². The van der Waals surface area contributed by atoms with Crippen LogP contribution in [0.25, 0.3) is 0 Å². The van der Waals surface area contributed by atoms with Gasteiger partial charge in [0, 0.05) is 19.8 Å². The largest absolute Gasteiger partial charge is 0.334 e. The number of nitrogens with zero attached hydrogens (tertiary/aromatic N) is 2. The van der Waals surface area contributed by atoms with Crippen LogP contribution in [0.5, 0.6) is 0 Å². The quantitative estimate of drug-likeness (QED) is 0.187. The molecule has 0 fully saturated rings. The molecule has 1 aliphatic heterocycles. The fourth-order valence-electron chi connectivity index (χ4n) is 4.80. The average molecular weight is 446 g/mol. The molecule has 1 radical (unpaired) electrons. The maximum atomic E-state index is 13.9. The summed E-state index contributed by atoms with van der Waals surface area (Å²) in [5, 5.41) is 14.9. The monoisotopic (exact) mass is 445 g/mol. The van der Waals surface area contributed by atoms with E-state index in [9.17, 15) is 5.21 Å². The molecule has 0 aliphatic carbocycles. The smallest absolute Gasteiger partial charge is 0.302 e. The molecule has 1 aromatic rings. The maximum Gasteiger partial charge on any atom is 0.302 e. The van der Waals surface area contributed by atoms with Crippen molar-refractivity contribution in [2.75, 3.05) is 14.2 Å². The molecule has 0 saturated heterocycles. The minimum atomic E-state index is -1.49. The number of hydrogen-bond acceptors (Lipinski definition) is 4. The van der Waals surface area contributed by atoms with Crippen molar-refractivity contribution in [2.45, 2.75) is 115 Å². The van der Waals surface area contributed by atoms with Gasteiger partial charge in [0.05, 0.1) is 0 Å². The minimum Gasteiger partial charge on any atom is -0.334 e. The van der Waals surface area contributed by atoms with Crippen LogP contribution in [-0.4, -0.2) is 36.6 Å². The first-order valence-corrected chi connectivity index (χ1v) is 12.8. The fourth-order valence-corrected chi connectivity index (χ4v) is 4.80. The summed E-state index contributed by atoms with van der Waals surface area (Å²) in [6, 6.07) is 9.85. The highest BCUT2D eigenvalue weighted by Crippen LogP contribution is 2.43. The Bertz CT molecular complexity index is 642. The topological polar surface area (TPSA) is 54.0 Å². The van der Waals surface area contributed by atoms with Gasteiger partial charge in [0.1, 0.15) is 11.4 Å². The van der Waals surface area contributed by atoms with Gasteiger partial charge in [-0.25, -0.2) is 0 Å². The van der Waals surface area contributed by atoms with Crippen LogP contribution in [0.4, 0.5) is 0 Å². The van der Waals surface area contributed by atoms with Crippen LogP contribution in [0.2, 0.25) is 0 Å². The molecule has 0 saturated carbocycles. The molecular formula is C27H45N2O3. The second-order valence-corrected chi connectivity index (χ2v) is 9.13. The van der Waals surface area contributed by atoms with E-state index in [1.54, 1.807) is 14.2 Å². The highest BCUT2D eigenvalue weighted by molar-refractivity contribution is 6.06. The lowest BCUT2D eigenvalue weighted by atomic mass is 9.94. The van der Waals surface area contributed by atoms with Gasteiger partial charge in [-0.15, -0.1) is 5.21 Å². The Labute approximate surface area is 196 Å². The third-order valence-corrected chi connectivity index (χ3v) is 6.73. The van der Waals surface area contributed by atoms with Gasteiger partial charge in [-0.1, -0.05) is 113 Å². The summed E-state index contributed by atoms with van der Waals surface area (Å²) in [5.41, 5.74) is 0.645. The molecule has 1 aromatic carbocycles. The van der Waals surface area contributed by atoms with Gasteiger partial charge in [0.15, 0.2) is 0 Å². The van der Waals surface area contributed by atoms with Crippen molar-refractivity contribution in [2.24, 2.45) is 4.99 Å². The fraction of sp³-hybridized carbons (Fsp3) is 0.741. The average Bonchev–Trinajstić information content (AvgIpc) is 3.07. The Morgan fingerprint density at radius 1 is 0.750 bits per heavy atom. The van der Waals surface area contributed by atoms with E-state index in [1.165, 1.54) is 51.4 Å². The van der Waals surface area contributed by atoms with Gasteiger partial charge in [-0.3, -0.25) is 4.99 Å². The summed E-state index contributed by atoms with van der Waals surface area (Å²) >= 11 is 0. The van der Waals surface area contributed by atoms with E-state index in [0.29, 0.717) is 5.71 Å². The normalized spacial score (nSPS) is 17.6. The Morgan fingerprint density at radius 2 is 1.22 bits per heavy atom. The Morgan fingerprint density at radius 3 is 1.69 bits per heavy atom. The molecule has 1 aliphatic rings. The minimum absolute atomic E-state index is 0.593. The van der Waals surface area contributed by atoms with Crippen molar-refractivity contribution in [3.05, 3.63) is 35.9 Å². The Balaban J connectivity index is 2.23. The number of hydroxylamine groups is 2. The second kappa shape index (κ2) is 14.1. The van der Waals surface area contributed by atoms with Gasteiger partial charge < -0.3 is 9.47 Å². The lowest BCUT2D eigenvalue weighted by Crippen LogP contribution is -2.58. The van der Waals surface area contributed by atoms with E-state index in [4.69, 9.17) is 14.5 Å². The van der Waals surface area contributed by atoms with Crippen LogP contribution >= 0.6 is 0 Å². The van der Waals surface area contributed by atoms with E-state index in [2.05, 4.69) is 13.8 Å². The highest BCUT2D eigenvalue weighted by Gasteiger charge is 2.59. The standard InChI is InChI=1S/C27H45N2O3/c1-5-7-9-11-13-18-22-26(23-19-14-12-10-8-6-2)28-25(24-20-16-15-17-21-24)27(31-3,32-4)29(26)30/h15-17,20-21H,5-14,18-19,22-23H2,1-4H3. The maximum absolute atomic E-state index is 13.9. The van der Waals surface area contributed by atoms with Crippen LogP contribution in [0.1, 0.15) is 109 Å². The van der Waals surface area contributed by atoms with E-state index in [1.807, 2.05) is 30.3 Å². The number of hydrogen-bond donors (Lipinski definition) is 0. The van der Waals surface area contributed by atoms with Crippen molar-refractivity contribution in [3.63, 3.8) is 0 Å². The third-order valence-electron chi connectivity index (χ3n) is 6.73. The summed E-state index contributed by atoms with van der Waals surface area (Å²) in [5.74, 6) is -1.49. The molecule has 32 heavy (non-hydrogen) atoms. The molecule has 0 amide bonds. The third kappa shape index (κ3) is 6.63. The SMILES string of the molecule is CCCCCCCCC1(CCCCCCCC)N=C(c2ccccc2)C(OC)(OC)N1[O]. The molecule has 0 spiro atoms. The number of methoxy groups -OCH3 is 2. The molecule has 0 aromatic heterocycles. The van der Waals surface area contributed by atoms with Gasteiger partial charge in [0.25, 0.3) is 0 Å². The number of unbranched alkanes of at least 4 members (excludes halogenated alkanes) is 10. The molecule has 0 N–H and O–H groups in total. The van der Waals surface area contributed by atoms with E-state index in [0.717, 1.165) is 49.2 Å². The summed E-state index contributed by atoms with van der Waals surface area (Å²) in [6.45, 7) is 4.47. The predicted molar refractivity (Wildman–Crippen MR) is 131 cm³/mol. The van der Waals surface area contributed by atoms with E-state index in [-0.39, 0.29) is 0 Å². The number of aliphatic imine (C=N–C) groups is 1. The summed E-state index contributed by atoms with van der Waals surface area (Å²) in [7, 11) is 3.08. The van der Waals surface area contributed by atoms with Gasteiger partial charge in [0.2, 0.25) is 0 Å². The molecule has 181 valence electrons. The molecule has 1 heterocycles. The first-order valence-electron chi connectivity index (χ1n) is 12.8. The van der Waals surface area contributed by atoms with Crippen LogP contribution < -0.4 is 0 Å². The molecule has 0 bridgehead atoms. The summed E-state index contributed by atoms with van der Waals surface area (Å²) in [6.07, 6.45) is 15.7. The molecular weight excluding hydrogens is 400 g/mol. The van der Waals surface area contributed by atoms with Crippen LogP contribution in [0.3, 0.4) is 0 Å². The van der Waals surface area contributed by atoms with Crippen molar-refractivity contribution in [3.8, 4) is 0 Å². The number of ether oxygens (including phenoxy) is 2. The van der Waals surface area contributed by atoms with Crippen molar-refractivity contribution in [1.29, 1.82) is 0 Å². The number of rotatable bonds is 17. The first-order chi connectivity index (χ1) is 15.6. The molecule has 0 atom stereocenters. The zero-order valence-electron chi connectivity index (χ0n) is 20.9. The highest BCUT2D eigenvalue weighted by atomic mass is 16.8. The van der Waals surface area contributed by atoms with Crippen molar-refractivity contribution in [1.82, 2.24) is 5.06 Å². The van der Waals surface area contributed by atoms with Crippen LogP contribution in [0, 0.1) is 0 Å². The lowest BCUT2D eigenvalue weighted by molar-refractivity contribution is -0.392. The number of benzene rings is 1. The zero-order valence-corrected chi connectivity index (χ0v) is 20.9. The lowest BCUT2D eigenvalue weighted by Gasteiger charge is -2.38. The molecule has 0 unspecified atom stereocenters. The molecule has 5 nitrogen and oxygen atoms in total. The van der Waals surface area contributed by atoms with Gasteiger partial charge in [-0.2, -0.15) is 0 Å². The Kier molecular flexibility index (Phi) is 11.9. The van der Waals surface area contributed by atoms with Crippen molar-refractivity contribution >= 4 is 5.71 Å². The van der Waals surface area contributed by atoms with Crippen molar-refractivity contribution < 1.29 is 14.7 Å². The summed E-state index contributed by atoms with van der Waals surface area (Å²) in [4.78, 5) is 5.11. The predicted octanol–water partition coefficient (Wildman–Crippen LogP) is 7.28. The van der Waals surface area contributed by atoms with Gasteiger partial charge in [-0.05, 0) is 25.7 Å². The zero-order chi connectivity index (χ0) is 23.3. The molecule has 2 rings (SSSR count). The first kappa shape index (κ1) is 27.0. The van der Waals surface area contributed by atoms with Crippen LogP contribution in [0.15, 0.2) is 35.3 Å². The molecule has 5 heteroatoms.